The van der Waals surface area contributed by atoms with E-state index >= 15 is 0 Å². The molecule has 1 saturated heterocycles. The van der Waals surface area contributed by atoms with Crippen LogP contribution in [0.1, 0.15) is 24.1 Å². The number of piperazine rings is 1. The summed E-state index contributed by atoms with van der Waals surface area (Å²) in [5.41, 5.74) is 2.03. The number of halogens is 3. The smallest absolute Gasteiger partial charge is 0.161 e. The van der Waals surface area contributed by atoms with Crippen LogP contribution in [0, 0.1) is 0 Å². The summed E-state index contributed by atoms with van der Waals surface area (Å²) in [5.74, 6) is 1.37. The fourth-order valence-corrected chi connectivity index (χ4v) is 3.25. The normalized spacial score (nSPS) is 15.1. The monoisotopic (exact) mass is 430 g/mol. The van der Waals surface area contributed by atoms with Gasteiger partial charge in [-0.3, -0.25) is 4.90 Å². The topological polar surface area (TPSA) is 33.7 Å². The Bertz CT molecular complexity index is 685. The quantitative estimate of drug-likeness (QED) is 0.671. The van der Waals surface area contributed by atoms with E-state index < -0.39 is 6.67 Å². The summed E-state index contributed by atoms with van der Waals surface area (Å²) in [4.78, 5) is 2.19. The molecule has 1 aliphatic heterocycles. The van der Waals surface area contributed by atoms with Gasteiger partial charge in [-0.25, -0.2) is 4.39 Å². The first-order valence-electron chi connectivity index (χ1n) is 9.26. The van der Waals surface area contributed by atoms with Crippen LogP contribution >= 0.6 is 24.8 Å². The molecule has 2 aromatic carbocycles. The van der Waals surface area contributed by atoms with Crippen LogP contribution in [0.25, 0.3) is 0 Å². The lowest BCUT2D eigenvalue weighted by atomic mass is 10.0. The highest BCUT2D eigenvalue weighted by molar-refractivity contribution is 5.85. The SMILES string of the molecule is CCOc1cc([C@@H](CF)N2CCNCC2)ccc1OCc1ccccc1.Cl.Cl. The summed E-state index contributed by atoms with van der Waals surface area (Å²) in [7, 11) is 0. The van der Waals surface area contributed by atoms with E-state index in [2.05, 4.69) is 10.2 Å². The zero-order valence-corrected chi connectivity index (χ0v) is 17.7. The summed E-state index contributed by atoms with van der Waals surface area (Å²) in [5, 5.41) is 3.31. The van der Waals surface area contributed by atoms with E-state index in [0.29, 0.717) is 24.7 Å². The summed E-state index contributed by atoms with van der Waals surface area (Å²) < 4.78 is 25.5. The van der Waals surface area contributed by atoms with Crippen LogP contribution in [0.4, 0.5) is 4.39 Å². The number of nitrogens with zero attached hydrogens (tertiary/aromatic N) is 1. The number of hydrogen-bond acceptors (Lipinski definition) is 4. The van der Waals surface area contributed by atoms with Crippen LogP contribution < -0.4 is 14.8 Å². The van der Waals surface area contributed by atoms with Crippen molar-refractivity contribution in [1.82, 2.24) is 10.2 Å². The minimum absolute atomic E-state index is 0. The average Bonchev–Trinajstić information content (AvgIpc) is 2.70. The van der Waals surface area contributed by atoms with Crippen molar-refractivity contribution in [3.8, 4) is 11.5 Å². The molecule has 0 saturated carbocycles. The molecule has 0 unspecified atom stereocenters. The molecule has 1 aliphatic rings. The Balaban J connectivity index is 0.00000196. The van der Waals surface area contributed by atoms with E-state index in [0.717, 1.165) is 37.3 Å². The molecule has 3 rings (SSSR count). The summed E-state index contributed by atoms with van der Waals surface area (Å²) >= 11 is 0. The van der Waals surface area contributed by atoms with Gasteiger partial charge < -0.3 is 14.8 Å². The van der Waals surface area contributed by atoms with E-state index in [1.165, 1.54) is 0 Å². The van der Waals surface area contributed by atoms with Crippen LogP contribution in [0.15, 0.2) is 48.5 Å². The second-order valence-corrected chi connectivity index (χ2v) is 6.37. The Morgan fingerprint density at radius 3 is 2.36 bits per heavy atom. The van der Waals surface area contributed by atoms with E-state index in [4.69, 9.17) is 9.47 Å². The summed E-state index contributed by atoms with van der Waals surface area (Å²) in [6.45, 7) is 6.05. The Morgan fingerprint density at radius 1 is 1.00 bits per heavy atom. The molecule has 0 radical (unpaired) electrons. The van der Waals surface area contributed by atoms with Gasteiger partial charge in [0.1, 0.15) is 13.3 Å². The van der Waals surface area contributed by atoms with Crippen LogP contribution in [0.2, 0.25) is 0 Å². The predicted octanol–water partition coefficient (Wildman–Crippen LogP) is 4.42. The van der Waals surface area contributed by atoms with Crippen molar-refractivity contribution < 1.29 is 13.9 Å². The fraction of sp³-hybridized carbons (Fsp3) is 0.429. The van der Waals surface area contributed by atoms with Gasteiger partial charge >= 0.3 is 0 Å². The standard InChI is InChI=1S/C21H27FN2O2.2ClH/c1-2-25-21-14-18(19(15-22)24-12-10-23-11-13-24)8-9-20(21)26-16-17-6-4-3-5-7-17;;/h3-9,14,19,23H,2,10-13,15-16H2,1H3;2*1H/t19-;;/m1../s1. The second kappa shape index (κ2) is 12.8. The first kappa shape index (κ1) is 24.5. The van der Waals surface area contributed by atoms with Crippen molar-refractivity contribution in [2.24, 2.45) is 0 Å². The van der Waals surface area contributed by atoms with Gasteiger partial charge in [0.15, 0.2) is 11.5 Å². The minimum Gasteiger partial charge on any atom is -0.490 e. The van der Waals surface area contributed by atoms with Gasteiger partial charge in [0.25, 0.3) is 0 Å². The molecule has 1 atom stereocenters. The van der Waals surface area contributed by atoms with Gasteiger partial charge in [0.05, 0.1) is 12.6 Å². The number of nitrogens with one attached hydrogen (secondary N) is 1. The zero-order chi connectivity index (χ0) is 18.2. The molecular formula is C21H29Cl2FN2O2. The van der Waals surface area contributed by atoms with E-state index in [1.807, 2.05) is 55.5 Å². The molecule has 0 aromatic heterocycles. The van der Waals surface area contributed by atoms with Gasteiger partial charge in [0.2, 0.25) is 0 Å². The Morgan fingerprint density at radius 2 is 1.71 bits per heavy atom. The molecule has 28 heavy (non-hydrogen) atoms. The highest BCUT2D eigenvalue weighted by Gasteiger charge is 2.23. The molecule has 156 valence electrons. The van der Waals surface area contributed by atoms with Crippen molar-refractivity contribution >= 4 is 24.8 Å². The van der Waals surface area contributed by atoms with Crippen molar-refractivity contribution in [2.75, 3.05) is 39.5 Å². The Labute approximate surface area is 179 Å². The Kier molecular flexibility index (Phi) is 11.2. The van der Waals surface area contributed by atoms with Crippen molar-refractivity contribution in [2.45, 2.75) is 19.6 Å². The predicted molar refractivity (Wildman–Crippen MR) is 116 cm³/mol. The number of rotatable bonds is 8. The number of ether oxygens (including phenoxy) is 2. The third-order valence-corrected chi connectivity index (χ3v) is 4.63. The van der Waals surface area contributed by atoms with Crippen LogP contribution in [0.3, 0.4) is 0 Å². The van der Waals surface area contributed by atoms with E-state index in [1.54, 1.807) is 0 Å². The molecule has 2 aromatic rings. The molecule has 0 amide bonds. The number of hydrogen-bond donors (Lipinski definition) is 1. The lowest BCUT2D eigenvalue weighted by Gasteiger charge is -2.33. The second-order valence-electron chi connectivity index (χ2n) is 6.37. The maximum atomic E-state index is 13.8. The largest absolute Gasteiger partial charge is 0.490 e. The molecule has 7 heteroatoms. The molecular weight excluding hydrogens is 402 g/mol. The lowest BCUT2D eigenvalue weighted by Crippen LogP contribution is -2.45. The lowest BCUT2D eigenvalue weighted by molar-refractivity contribution is 0.147. The molecule has 0 bridgehead atoms. The van der Waals surface area contributed by atoms with Crippen molar-refractivity contribution in [3.63, 3.8) is 0 Å². The highest BCUT2D eigenvalue weighted by Crippen LogP contribution is 2.33. The van der Waals surface area contributed by atoms with Crippen molar-refractivity contribution in [3.05, 3.63) is 59.7 Å². The average molecular weight is 431 g/mol. The van der Waals surface area contributed by atoms with Gasteiger partial charge in [-0.05, 0) is 30.2 Å². The molecule has 1 N–H and O–H groups in total. The van der Waals surface area contributed by atoms with Crippen LogP contribution in [-0.2, 0) is 6.61 Å². The summed E-state index contributed by atoms with van der Waals surface area (Å²) in [6.07, 6.45) is 0. The van der Waals surface area contributed by atoms with E-state index in [-0.39, 0.29) is 30.9 Å². The zero-order valence-electron chi connectivity index (χ0n) is 16.1. The summed E-state index contributed by atoms with van der Waals surface area (Å²) in [6, 6.07) is 15.6. The molecule has 0 spiro atoms. The van der Waals surface area contributed by atoms with Gasteiger partial charge in [-0.15, -0.1) is 24.8 Å². The number of alkyl halides is 1. The van der Waals surface area contributed by atoms with E-state index in [9.17, 15) is 4.39 Å². The molecule has 4 nitrogen and oxygen atoms in total. The molecule has 0 aliphatic carbocycles. The van der Waals surface area contributed by atoms with Gasteiger partial charge in [-0.1, -0.05) is 36.4 Å². The minimum atomic E-state index is -0.407. The third kappa shape index (κ3) is 6.52. The Hall–Kier alpha value is -1.53. The first-order valence-corrected chi connectivity index (χ1v) is 9.26. The van der Waals surface area contributed by atoms with Crippen LogP contribution in [0.5, 0.6) is 11.5 Å². The van der Waals surface area contributed by atoms with Crippen LogP contribution in [-0.4, -0.2) is 44.4 Å². The third-order valence-electron chi connectivity index (χ3n) is 4.63. The van der Waals surface area contributed by atoms with Gasteiger partial charge in [0, 0.05) is 26.2 Å². The van der Waals surface area contributed by atoms with Gasteiger partial charge in [-0.2, -0.15) is 0 Å². The maximum absolute atomic E-state index is 13.8. The molecule has 1 fully saturated rings. The first-order chi connectivity index (χ1) is 12.8. The molecule has 1 heterocycles. The highest BCUT2D eigenvalue weighted by atomic mass is 35.5. The fourth-order valence-electron chi connectivity index (χ4n) is 3.25. The van der Waals surface area contributed by atoms with Crippen molar-refractivity contribution in [1.29, 1.82) is 0 Å². The number of benzene rings is 2. The maximum Gasteiger partial charge on any atom is 0.161 e.